The average Bonchev–Trinajstić information content (AvgIpc) is 2.23. The van der Waals surface area contributed by atoms with Gasteiger partial charge in [0.25, 0.3) is 0 Å². The molecule has 0 radical (unpaired) electrons. The molecule has 0 aromatic heterocycles. The van der Waals surface area contributed by atoms with Crippen molar-refractivity contribution in [3.63, 3.8) is 0 Å². The van der Waals surface area contributed by atoms with Gasteiger partial charge in [0.2, 0.25) is 0 Å². The summed E-state index contributed by atoms with van der Waals surface area (Å²) in [5.41, 5.74) is 2.55. The summed E-state index contributed by atoms with van der Waals surface area (Å²) >= 11 is 0. The number of allylic oxidation sites excluding steroid dienone is 4. The quantitative estimate of drug-likeness (QED) is 0.298. The highest BCUT2D eigenvalue weighted by molar-refractivity contribution is 5.74. The largest absolute Gasteiger partial charge is 0.334 e. The lowest BCUT2D eigenvalue weighted by Gasteiger charge is -1.96. The summed E-state index contributed by atoms with van der Waals surface area (Å²) in [7, 11) is 0. The molecule has 0 N–H and O–H groups in total. The molecule has 0 heterocycles. The summed E-state index contributed by atoms with van der Waals surface area (Å²) in [6.45, 7) is 7.94. The van der Waals surface area contributed by atoms with Gasteiger partial charge in [-0.25, -0.2) is 4.79 Å². The molecule has 0 bridgehead atoms. The van der Waals surface area contributed by atoms with Crippen molar-refractivity contribution in [3.05, 3.63) is 23.3 Å². The average molecular weight is 223 g/mol. The highest BCUT2D eigenvalue weighted by Crippen LogP contribution is 2.05. The number of carbonyl (C=O) groups excluding carboxylic acids is 1. The van der Waals surface area contributed by atoms with E-state index < -0.39 is 0 Å². The lowest BCUT2D eigenvalue weighted by molar-refractivity contribution is -0.143. The van der Waals surface area contributed by atoms with Crippen molar-refractivity contribution < 1.29 is 9.63 Å². The number of nitrogens with zero attached hydrogens (tertiary/aromatic N) is 1. The van der Waals surface area contributed by atoms with E-state index in [1.54, 1.807) is 6.92 Å². The molecule has 0 amide bonds. The molecule has 0 spiro atoms. The molecule has 0 aliphatic heterocycles. The normalized spacial score (nSPS) is 11.6. The number of rotatable bonds is 6. The molecule has 0 aromatic rings. The zero-order chi connectivity index (χ0) is 12.4. The Morgan fingerprint density at radius 3 is 2.56 bits per heavy atom. The maximum absolute atomic E-state index is 10.7. The van der Waals surface area contributed by atoms with Crippen LogP contribution in [-0.2, 0) is 9.63 Å². The van der Waals surface area contributed by atoms with E-state index in [1.807, 2.05) is 13.0 Å². The van der Waals surface area contributed by atoms with Crippen LogP contribution in [-0.4, -0.2) is 12.2 Å². The molecule has 3 nitrogen and oxygen atoms in total. The van der Waals surface area contributed by atoms with Gasteiger partial charge in [-0.3, -0.25) is 0 Å². The number of oxime groups is 1. The van der Waals surface area contributed by atoms with Crippen molar-refractivity contribution in [3.8, 4) is 0 Å². The minimum atomic E-state index is -0.313. The van der Waals surface area contributed by atoms with Crippen LogP contribution in [0.5, 0.6) is 0 Å². The van der Waals surface area contributed by atoms with Gasteiger partial charge >= 0.3 is 5.97 Å². The minimum absolute atomic E-state index is 0.313. The standard InChI is InChI=1S/C13H21NO2/c1-5-13(15)16-14-10-9-12(4)8-6-7-11(2)3/h7,9-10H,5-6,8H2,1-4H3. The molecule has 0 saturated heterocycles. The molecule has 0 aliphatic carbocycles. The molecule has 3 heteroatoms. The van der Waals surface area contributed by atoms with Crippen LogP contribution in [0.1, 0.15) is 47.0 Å². The maximum Gasteiger partial charge on any atom is 0.334 e. The zero-order valence-electron chi connectivity index (χ0n) is 10.6. The summed E-state index contributed by atoms with van der Waals surface area (Å²) in [5, 5.41) is 3.56. The minimum Gasteiger partial charge on any atom is -0.318 e. The first-order valence-electron chi connectivity index (χ1n) is 5.58. The second-order valence-electron chi connectivity index (χ2n) is 3.90. The van der Waals surface area contributed by atoms with Crippen molar-refractivity contribution in [2.75, 3.05) is 0 Å². The van der Waals surface area contributed by atoms with Gasteiger partial charge in [-0.15, -0.1) is 0 Å². The van der Waals surface area contributed by atoms with Crippen molar-refractivity contribution >= 4 is 12.2 Å². The van der Waals surface area contributed by atoms with Crippen LogP contribution in [0.15, 0.2) is 28.5 Å². The molecule has 90 valence electrons. The third-order valence-electron chi connectivity index (χ3n) is 1.95. The fourth-order valence-electron chi connectivity index (χ4n) is 0.983. The van der Waals surface area contributed by atoms with E-state index in [0.717, 1.165) is 12.8 Å². The summed E-state index contributed by atoms with van der Waals surface area (Å²) < 4.78 is 0. The Kier molecular flexibility index (Phi) is 8.12. The molecule has 16 heavy (non-hydrogen) atoms. The SMILES string of the molecule is CCC(=O)ON=CC=C(C)CCC=C(C)C. The van der Waals surface area contributed by atoms with Crippen LogP contribution in [0.4, 0.5) is 0 Å². The highest BCUT2D eigenvalue weighted by atomic mass is 16.7. The smallest absolute Gasteiger partial charge is 0.318 e. The summed E-state index contributed by atoms with van der Waals surface area (Å²) in [6, 6.07) is 0. The van der Waals surface area contributed by atoms with Crippen LogP contribution in [0.2, 0.25) is 0 Å². The molecular weight excluding hydrogens is 202 g/mol. The topological polar surface area (TPSA) is 38.7 Å². The van der Waals surface area contributed by atoms with Gasteiger partial charge in [0.05, 0.1) is 6.21 Å². The Hall–Kier alpha value is -1.38. The van der Waals surface area contributed by atoms with Gasteiger partial charge < -0.3 is 4.84 Å². The fraction of sp³-hybridized carbons (Fsp3) is 0.538. The summed E-state index contributed by atoms with van der Waals surface area (Å²) in [5.74, 6) is -0.313. The molecule has 0 atom stereocenters. The fourth-order valence-corrected chi connectivity index (χ4v) is 0.983. The van der Waals surface area contributed by atoms with Gasteiger partial charge in [0.1, 0.15) is 0 Å². The van der Waals surface area contributed by atoms with Crippen molar-refractivity contribution in [2.45, 2.75) is 47.0 Å². The van der Waals surface area contributed by atoms with E-state index >= 15 is 0 Å². The Labute approximate surface area is 97.9 Å². The number of hydrogen-bond acceptors (Lipinski definition) is 3. The monoisotopic (exact) mass is 223 g/mol. The number of carbonyl (C=O) groups is 1. The van der Waals surface area contributed by atoms with Gasteiger partial charge in [-0.1, -0.05) is 29.3 Å². The lowest BCUT2D eigenvalue weighted by Crippen LogP contribution is -1.95. The van der Waals surface area contributed by atoms with E-state index in [-0.39, 0.29) is 5.97 Å². The first-order valence-corrected chi connectivity index (χ1v) is 5.58. The molecule has 0 unspecified atom stereocenters. The second kappa shape index (κ2) is 8.89. The Balaban J connectivity index is 3.86. The van der Waals surface area contributed by atoms with Crippen LogP contribution < -0.4 is 0 Å². The highest BCUT2D eigenvalue weighted by Gasteiger charge is 1.93. The van der Waals surface area contributed by atoms with Gasteiger partial charge in [-0.05, 0) is 39.7 Å². The van der Waals surface area contributed by atoms with E-state index in [4.69, 9.17) is 0 Å². The second-order valence-corrected chi connectivity index (χ2v) is 3.90. The molecule has 0 rings (SSSR count). The van der Waals surface area contributed by atoms with Gasteiger partial charge in [0, 0.05) is 6.42 Å². The van der Waals surface area contributed by atoms with Crippen molar-refractivity contribution in [1.82, 2.24) is 0 Å². The van der Waals surface area contributed by atoms with Crippen LogP contribution in [0, 0.1) is 0 Å². The van der Waals surface area contributed by atoms with E-state index in [2.05, 4.69) is 29.9 Å². The Morgan fingerprint density at radius 1 is 1.31 bits per heavy atom. The Bertz CT molecular complexity index is 297. The predicted octanol–water partition coefficient (Wildman–Crippen LogP) is 3.62. The van der Waals surface area contributed by atoms with Crippen LogP contribution >= 0.6 is 0 Å². The number of hydrogen-bond donors (Lipinski definition) is 0. The first kappa shape index (κ1) is 14.6. The van der Waals surface area contributed by atoms with Crippen LogP contribution in [0.25, 0.3) is 0 Å². The summed E-state index contributed by atoms with van der Waals surface area (Å²) in [4.78, 5) is 15.3. The molecule has 0 aromatic carbocycles. The predicted molar refractivity (Wildman–Crippen MR) is 67.3 cm³/mol. The van der Waals surface area contributed by atoms with Gasteiger partial charge in [0.15, 0.2) is 0 Å². The lowest BCUT2D eigenvalue weighted by atomic mass is 10.1. The van der Waals surface area contributed by atoms with Crippen molar-refractivity contribution in [2.24, 2.45) is 5.16 Å². The van der Waals surface area contributed by atoms with E-state index in [9.17, 15) is 4.79 Å². The van der Waals surface area contributed by atoms with Crippen molar-refractivity contribution in [1.29, 1.82) is 0 Å². The summed E-state index contributed by atoms with van der Waals surface area (Å²) in [6.07, 6.45) is 7.96. The van der Waals surface area contributed by atoms with Crippen LogP contribution in [0.3, 0.4) is 0 Å². The van der Waals surface area contributed by atoms with E-state index in [0.29, 0.717) is 6.42 Å². The molecule has 0 saturated carbocycles. The van der Waals surface area contributed by atoms with E-state index in [1.165, 1.54) is 17.4 Å². The maximum atomic E-state index is 10.7. The molecule has 0 aliphatic rings. The molecule has 0 fully saturated rings. The zero-order valence-corrected chi connectivity index (χ0v) is 10.6. The first-order chi connectivity index (χ1) is 7.56. The third kappa shape index (κ3) is 9.19. The molecular formula is C13H21NO2. The van der Waals surface area contributed by atoms with Gasteiger partial charge in [-0.2, -0.15) is 0 Å². The Morgan fingerprint density at radius 2 is 2.00 bits per heavy atom. The third-order valence-corrected chi connectivity index (χ3v) is 1.95.